The number of hydrogen-bond donors (Lipinski definition) is 1. The molecule has 2 aliphatic rings. The number of carbonyl (C=O) groups excluding carboxylic acids is 3. The molecule has 0 fully saturated rings. The molecule has 7 nitrogen and oxygen atoms in total. The predicted octanol–water partition coefficient (Wildman–Crippen LogP) is 7.35. The third kappa shape index (κ3) is 5.28. The highest BCUT2D eigenvalue weighted by atomic mass is 35.5. The fourth-order valence-corrected chi connectivity index (χ4v) is 6.14. The van der Waals surface area contributed by atoms with Crippen LogP contribution in [0.4, 0.5) is 11.4 Å². The van der Waals surface area contributed by atoms with E-state index < -0.39 is 12.0 Å². The Hall–Kier alpha value is -4.88. The zero-order chi connectivity index (χ0) is 30.1. The first kappa shape index (κ1) is 28.2. The lowest BCUT2D eigenvalue weighted by Crippen LogP contribution is -2.38. The van der Waals surface area contributed by atoms with Crippen molar-refractivity contribution in [2.24, 2.45) is 0 Å². The topological polar surface area (TPSA) is 84.9 Å². The van der Waals surface area contributed by atoms with E-state index in [1.165, 1.54) is 7.11 Å². The second-order valence-electron chi connectivity index (χ2n) is 10.5. The van der Waals surface area contributed by atoms with Crippen LogP contribution >= 0.6 is 11.6 Å². The first-order valence-electron chi connectivity index (χ1n) is 13.9. The second kappa shape index (κ2) is 11.8. The molecule has 0 saturated carbocycles. The summed E-state index contributed by atoms with van der Waals surface area (Å²) in [5.41, 5.74) is 4.96. The van der Waals surface area contributed by atoms with Gasteiger partial charge in [-0.3, -0.25) is 14.5 Å². The summed E-state index contributed by atoms with van der Waals surface area (Å²) in [5.74, 6) is -0.206. The number of anilines is 2. The van der Waals surface area contributed by atoms with Gasteiger partial charge >= 0.3 is 5.97 Å². The first-order valence-corrected chi connectivity index (χ1v) is 14.3. The number of amides is 1. The summed E-state index contributed by atoms with van der Waals surface area (Å²) in [4.78, 5) is 42.6. The van der Waals surface area contributed by atoms with Gasteiger partial charge < -0.3 is 14.8 Å². The fourth-order valence-electron chi connectivity index (χ4n) is 5.92. The second-order valence-corrected chi connectivity index (χ2v) is 10.9. The average molecular weight is 593 g/mol. The Balaban J connectivity index is 1.54. The van der Waals surface area contributed by atoms with Crippen LogP contribution in [0.1, 0.15) is 56.6 Å². The zero-order valence-electron chi connectivity index (χ0n) is 23.7. The Bertz CT molecular complexity index is 1750. The molecule has 43 heavy (non-hydrogen) atoms. The Kier molecular flexibility index (Phi) is 7.74. The van der Waals surface area contributed by atoms with Gasteiger partial charge in [-0.2, -0.15) is 0 Å². The van der Waals surface area contributed by atoms with Gasteiger partial charge in [0.25, 0.3) is 5.91 Å². The Labute approximate surface area is 254 Å². The van der Waals surface area contributed by atoms with Crippen LogP contribution in [0.5, 0.6) is 5.75 Å². The number of halogens is 1. The number of nitrogens with zero attached hydrogens (tertiary/aromatic N) is 1. The smallest absolute Gasteiger partial charge is 0.337 e. The van der Waals surface area contributed by atoms with Crippen LogP contribution in [0, 0.1) is 0 Å². The van der Waals surface area contributed by atoms with Crippen molar-refractivity contribution >= 4 is 40.6 Å². The molecule has 0 bridgehead atoms. The van der Waals surface area contributed by atoms with Gasteiger partial charge in [0, 0.05) is 17.7 Å². The van der Waals surface area contributed by atoms with Crippen molar-refractivity contribution in [2.75, 3.05) is 24.4 Å². The number of ketones is 1. The molecule has 6 rings (SSSR count). The van der Waals surface area contributed by atoms with Crippen molar-refractivity contribution < 1.29 is 23.9 Å². The molecule has 4 aromatic rings. The van der Waals surface area contributed by atoms with Crippen LogP contribution in [-0.2, 0) is 9.53 Å². The lowest BCUT2D eigenvalue weighted by Gasteiger charge is -2.35. The largest absolute Gasteiger partial charge is 0.497 e. The lowest BCUT2D eigenvalue weighted by atomic mass is 9.78. The van der Waals surface area contributed by atoms with E-state index in [2.05, 4.69) is 5.32 Å². The van der Waals surface area contributed by atoms with Gasteiger partial charge in [-0.05, 0) is 72.0 Å². The molecule has 0 aromatic heterocycles. The van der Waals surface area contributed by atoms with Crippen molar-refractivity contribution in [1.29, 1.82) is 0 Å². The normalized spacial score (nSPS) is 17.7. The number of nitrogens with one attached hydrogen (secondary N) is 1. The molecule has 0 saturated heterocycles. The molecule has 1 heterocycles. The summed E-state index contributed by atoms with van der Waals surface area (Å²) in [6.45, 7) is 0. The van der Waals surface area contributed by atoms with Crippen LogP contribution in [0.3, 0.4) is 0 Å². The maximum atomic E-state index is 14.5. The van der Waals surface area contributed by atoms with Gasteiger partial charge in [-0.15, -0.1) is 0 Å². The number of allylic oxidation sites excluding steroid dienone is 1. The summed E-state index contributed by atoms with van der Waals surface area (Å²) in [7, 11) is 2.95. The summed E-state index contributed by atoms with van der Waals surface area (Å²) in [5, 5.41) is 3.85. The number of fused-ring (bicyclic) bond motifs is 1. The molecule has 1 aliphatic carbocycles. The molecule has 4 aromatic carbocycles. The summed E-state index contributed by atoms with van der Waals surface area (Å²) in [6.07, 6.45) is 0.834. The van der Waals surface area contributed by atoms with Crippen molar-refractivity contribution in [3.63, 3.8) is 0 Å². The molecule has 0 unspecified atom stereocenters. The minimum absolute atomic E-state index is 0.0648. The molecule has 0 spiro atoms. The van der Waals surface area contributed by atoms with Gasteiger partial charge in [0.2, 0.25) is 0 Å². The first-order chi connectivity index (χ1) is 20.9. The van der Waals surface area contributed by atoms with E-state index in [0.717, 1.165) is 17.0 Å². The average Bonchev–Trinajstić information content (AvgIpc) is 3.19. The monoisotopic (exact) mass is 592 g/mol. The molecule has 0 radical (unpaired) electrons. The third-order valence-electron chi connectivity index (χ3n) is 8.05. The van der Waals surface area contributed by atoms with Crippen molar-refractivity contribution in [3.05, 3.63) is 136 Å². The number of para-hydroxylation sites is 2. The van der Waals surface area contributed by atoms with Gasteiger partial charge in [0.1, 0.15) is 5.75 Å². The Morgan fingerprint density at radius 3 is 2.21 bits per heavy atom. The number of methoxy groups -OCH3 is 2. The maximum Gasteiger partial charge on any atom is 0.337 e. The zero-order valence-corrected chi connectivity index (χ0v) is 24.4. The number of rotatable bonds is 5. The van der Waals surface area contributed by atoms with E-state index in [4.69, 9.17) is 21.1 Å². The third-order valence-corrected chi connectivity index (χ3v) is 8.38. The minimum Gasteiger partial charge on any atom is -0.497 e. The van der Waals surface area contributed by atoms with Gasteiger partial charge in [-0.1, -0.05) is 60.1 Å². The van der Waals surface area contributed by atoms with E-state index in [-0.39, 0.29) is 24.0 Å². The highest BCUT2D eigenvalue weighted by Crippen LogP contribution is 2.48. The van der Waals surface area contributed by atoms with E-state index in [1.54, 1.807) is 60.5 Å². The Morgan fingerprint density at radius 2 is 1.51 bits per heavy atom. The molecule has 2 atom stereocenters. The van der Waals surface area contributed by atoms with Crippen LogP contribution in [-0.4, -0.2) is 31.9 Å². The van der Waals surface area contributed by atoms with E-state index in [0.29, 0.717) is 45.1 Å². The summed E-state index contributed by atoms with van der Waals surface area (Å²) < 4.78 is 10.2. The number of Topliss-reactive ketones (excluding diaryl/α,β-unsaturated/α-hetero) is 1. The molecule has 1 amide bonds. The van der Waals surface area contributed by atoms with Crippen molar-refractivity contribution in [2.45, 2.75) is 24.8 Å². The van der Waals surface area contributed by atoms with E-state index in [9.17, 15) is 14.4 Å². The maximum absolute atomic E-state index is 14.5. The molecule has 1 aliphatic heterocycles. The summed E-state index contributed by atoms with van der Waals surface area (Å²) in [6, 6.07) is 28.2. The molecule has 216 valence electrons. The number of benzene rings is 4. The quantitative estimate of drug-likeness (QED) is 0.244. The van der Waals surface area contributed by atoms with Gasteiger partial charge in [-0.25, -0.2) is 4.79 Å². The van der Waals surface area contributed by atoms with Gasteiger partial charge in [0.15, 0.2) is 5.78 Å². The predicted molar refractivity (Wildman–Crippen MR) is 166 cm³/mol. The van der Waals surface area contributed by atoms with Crippen LogP contribution in [0.25, 0.3) is 0 Å². The number of ether oxygens (including phenoxy) is 2. The van der Waals surface area contributed by atoms with E-state index >= 15 is 0 Å². The van der Waals surface area contributed by atoms with Gasteiger partial charge in [0.05, 0.1) is 47.8 Å². The van der Waals surface area contributed by atoms with Crippen LogP contribution in [0.15, 0.2) is 108 Å². The summed E-state index contributed by atoms with van der Waals surface area (Å²) >= 11 is 6.54. The molecular formula is C35H29ClN2O5. The highest BCUT2D eigenvalue weighted by molar-refractivity contribution is 6.34. The fraction of sp³-hybridized carbons (Fsp3) is 0.171. The van der Waals surface area contributed by atoms with Crippen molar-refractivity contribution in [3.8, 4) is 5.75 Å². The lowest BCUT2D eigenvalue weighted by molar-refractivity contribution is -0.116. The number of esters is 1. The number of hydrogen-bond acceptors (Lipinski definition) is 6. The molecular weight excluding hydrogens is 564 g/mol. The molecule has 1 N–H and O–H groups in total. The Morgan fingerprint density at radius 1 is 0.837 bits per heavy atom. The van der Waals surface area contributed by atoms with Crippen molar-refractivity contribution in [1.82, 2.24) is 0 Å². The number of carbonyl (C=O) groups is 3. The van der Waals surface area contributed by atoms with E-state index in [1.807, 2.05) is 48.5 Å². The van der Waals surface area contributed by atoms with Crippen LogP contribution in [0.2, 0.25) is 5.02 Å². The SMILES string of the molecule is COC(=O)c1ccc([C@H]2C3=C(C[C@H](c4ccc(OC)cc4)CC3=O)Nc3ccccc3N2C(=O)c2ccccc2Cl)cc1. The standard InChI is InChI=1S/C35H29ClN2O5/c1-42-25-17-15-21(16-18-25)24-19-29-32(31(39)20-24)33(22-11-13-23(14-12-22)35(41)43-2)38(30-10-6-5-9-28(30)37-29)34(40)26-7-3-4-8-27(26)36/h3-18,24,33,37H,19-20H2,1-2H3/t24-,33-/m0/s1. The minimum atomic E-state index is -0.786. The highest BCUT2D eigenvalue weighted by Gasteiger charge is 2.42. The van der Waals surface area contributed by atoms with Crippen LogP contribution < -0.4 is 15.0 Å². The molecule has 8 heteroatoms.